The number of nitrogens with zero attached hydrogens (tertiary/aromatic N) is 4. The molecule has 1 aromatic carbocycles. The predicted octanol–water partition coefficient (Wildman–Crippen LogP) is 3.58. The lowest BCUT2D eigenvalue weighted by atomic mass is 9.94. The highest BCUT2D eigenvalue weighted by Crippen LogP contribution is 2.41. The van der Waals surface area contributed by atoms with E-state index >= 15 is 0 Å². The maximum atomic E-state index is 13.4. The van der Waals surface area contributed by atoms with Gasteiger partial charge < -0.3 is 9.64 Å². The third-order valence-corrected chi connectivity index (χ3v) is 7.40. The Labute approximate surface area is 181 Å². The molecule has 4 heterocycles. The van der Waals surface area contributed by atoms with Crippen LogP contribution in [0.4, 0.5) is 0 Å². The number of aromatic nitrogens is 2. The molecule has 5 rings (SSSR count). The predicted molar refractivity (Wildman–Crippen MR) is 119 cm³/mol. The van der Waals surface area contributed by atoms with Gasteiger partial charge in [-0.05, 0) is 36.9 Å². The molecule has 0 bridgehead atoms. The van der Waals surface area contributed by atoms with Gasteiger partial charge in [0.15, 0.2) is 0 Å². The van der Waals surface area contributed by atoms with Crippen LogP contribution in [0.5, 0.6) is 0 Å². The van der Waals surface area contributed by atoms with Crippen LogP contribution in [-0.4, -0.2) is 64.9 Å². The maximum absolute atomic E-state index is 13.4. The molecule has 6 nitrogen and oxygen atoms in total. The van der Waals surface area contributed by atoms with Crippen LogP contribution in [0.2, 0.25) is 0 Å². The van der Waals surface area contributed by atoms with E-state index in [-0.39, 0.29) is 5.91 Å². The Morgan fingerprint density at radius 1 is 1.23 bits per heavy atom. The van der Waals surface area contributed by atoms with Crippen molar-refractivity contribution in [3.05, 3.63) is 52.7 Å². The fourth-order valence-electron chi connectivity index (χ4n) is 4.67. The molecule has 2 aliphatic heterocycles. The first-order valence-corrected chi connectivity index (χ1v) is 11.7. The van der Waals surface area contributed by atoms with Crippen molar-refractivity contribution in [2.45, 2.75) is 32.4 Å². The van der Waals surface area contributed by atoms with E-state index in [9.17, 15) is 4.79 Å². The number of carbonyl (C=O) groups is 1. The monoisotopic (exact) mass is 424 g/mol. The number of thiophene rings is 1. The third-order valence-electron chi connectivity index (χ3n) is 6.22. The van der Waals surface area contributed by atoms with Crippen molar-refractivity contribution in [2.24, 2.45) is 0 Å². The SMILES string of the molecule is CCn1cc(CN2CC[C@@H](c3c(C(=O)N4CCOCC4)sc4ccccc34)C2)cn1. The average molecular weight is 425 g/mol. The fourth-order valence-corrected chi connectivity index (χ4v) is 5.93. The second kappa shape index (κ2) is 8.49. The van der Waals surface area contributed by atoms with Gasteiger partial charge in [0.2, 0.25) is 0 Å². The van der Waals surface area contributed by atoms with Gasteiger partial charge >= 0.3 is 0 Å². The van der Waals surface area contributed by atoms with E-state index in [0.717, 1.165) is 37.5 Å². The maximum Gasteiger partial charge on any atom is 0.264 e. The van der Waals surface area contributed by atoms with Gasteiger partial charge in [-0.1, -0.05) is 18.2 Å². The molecular weight excluding hydrogens is 396 g/mol. The average Bonchev–Trinajstić information content (AvgIpc) is 3.52. The molecule has 2 aromatic heterocycles. The minimum Gasteiger partial charge on any atom is -0.378 e. The van der Waals surface area contributed by atoms with Gasteiger partial charge in [-0.2, -0.15) is 5.10 Å². The zero-order chi connectivity index (χ0) is 20.5. The summed E-state index contributed by atoms with van der Waals surface area (Å²) in [5, 5.41) is 5.66. The Morgan fingerprint density at radius 3 is 2.87 bits per heavy atom. The van der Waals surface area contributed by atoms with Gasteiger partial charge in [0.05, 0.1) is 24.3 Å². The van der Waals surface area contributed by atoms with Crippen LogP contribution in [0.25, 0.3) is 10.1 Å². The Hall–Kier alpha value is -2.22. The first-order valence-electron chi connectivity index (χ1n) is 10.8. The largest absolute Gasteiger partial charge is 0.378 e. The first-order chi connectivity index (χ1) is 14.7. The van der Waals surface area contributed by atoms with Gasteiger partial charge in [0.1, 0.15) is 0 Å². The zero-order valence-electron chi connectivity index (χ0n) is 17.4. The van der Waals surface area contributed by atoms with Gasteiger partial charge in [-0.3, -0.25) is 14.4 Å². The molecule has 30 heavy (non-hydrogen) atoms. The number of amides is 1. The number of fused-ring (bicyclic) bond motifs is 1. The molecule has 7 heteroatoms. The quantitative estimate of drug-likeness (QED) is 0.628. The van der Waals surface area contributed by atoms with Crippen molar-refractivity contribution in [1.82, 2.24) is 19.6 Å². The van der Waals surface area contributed by atoms with Gasteiger partial charge in [-0.15, -0.1) is 11.3 Å². The number of morpholine rings is 1. The van der Waals surface area contributed by atoms with Crippen LogP contribution >= 0.6 is 11.3 Å². The summed E-state index contributed by atoms with van der Waals surface area (Å²) in [4.78, 5) is 18.8. The van der Waals surface area contributed by atoms with Crippen LogP contribution in [0.3, 0.4) is 0 Å². The standard InChI is InChI=1S/C23H28N4O2S/c1-2-27-15-17(13-24-27)14-25-8-7-18(16-25)21-19-5-3-4-6-20(19)30-22(21)23(28)26-9-11-29-12-10-26/h3-6,13,15,18H,2,7-12,14,16H2,1H3/t18-/m1/s1. The van der Waals surface area contributed by atoms with Crippen molar-refractivity contribution in [2.75, 3.05) is 39.4 Å². The molecule has 3 aromatic rings. The number of likely N-dealkylation sites (tertiary alicyclic amines) is 1. The number of carbonyl (C=O) groups excluding carboxylic acids is 1. The molecular formula is C23H28N4O2S. The highest BCUT2D eigenvalue weighted by molar-refractivity contribution is 7.21. The summed E-state index contributed by atoms with van der Waals surface area (Å²) in [5.41, 5.74) is 2.52. The molecule has 0 saturated carbocycles. The van der Waals surface area contributed by atoms with Crippen LogP contribution in [-0.2, 0) is 17.8 Å². The molecule has 0 spiro atoms. The number of hydrogen-bond acceptors (Lipinski definition) is 5. The van der Waals surface area contributed by atoms with Crippen molar-refractivity contribution < 1.29 is 9.53 Å². The summed E-state index contributed by atoms with van der Waals surface area (Å²) >= 11 is 1.66. The number of rotatable bonds is 5. The summed E-state index contributed by atoms with van der Waals surface area (Å²) in [6, 6.07) is 8.49. The lowest BCUT2D eigenvalue weighted by molar-refractivity contribution is 0.0305. The number of aryl methyl sites for hydroxylation is 1. The van der Waals surface area contributed by atoms with E-state index in [4.69, 9.17) is 4.74 Å². The lowest BCUT2D eigenvalue weighted by Crippen LogP contribution is -2.40. The molecule has 2 saturated heterocycles. The number of hydrogen-bond donors (Lipinski definition) is 0. The third kappa shape index (κ3) is 3.77. The van der Waals surface area contributed by atoms with Crippen LogP contribution < -0.4 is 0 Å². The molecule has 1 atom stereocenters. The summed E-state index contributed by atoms with van der Waals surface area (Å²) in [6.45, 7) is 8.61. The van der Waals surface area contributed by atoms with Gasteiger partial charge in [0.25, 0.3) is 5.91 Å². The van der Waals surface area contributed by atoms with Crippen molar-refractivity contribution in [1.29, 1.82) is 0 Å². The summed E-state index contributed by atoms with van der Waals surface area (Å²) in [5.74, 6) is 0.569. The minimum atomic E-state index is 0.178. The summed E-state index contributed by atoms with van der Waals surface area (Å²) < 4.78 is 8.65. The van der Waals surface area contributed by atoms with Crippen LogP contribution in [0.1, 0.15) is 40.1 Å². The second-order valence-corrected chi connectivity index (χ2v) is 9.22. The molecule has 2 aliphatic rings. The first kappa shape index (κ1) is 19.7. The van der Waals surface area contributed by atoms with E-state index in [2.05, 4.69) is 47.4 Å². The van der Waals surface area contributed by atoms with Crippen molar-refractivity contribution >= 4 is 27.3 Å². The van der Waals surface area contributed by atoms with E-state index in [1.54, 1.807) is 11.3 Å². The topological polar surface area (TPSA) is 50.6 Å². The smallest absolute Gasteiger partial charge is 0.264 e. The minimum absolute atomic E-state index is 0.178. The van der Waals surface area contributed by atoms with E-state index in [1.165, 1.54) is 21.2 Å². The molecule has 0 unspecified atom stereocenters. The molecule has 2 fully saturated rings. The second-order valence-electron chi connectivity index (χ2n) is 8.17. The van der Waals surface area contributed by atoms with Crippen LogP contribution in [0.15, 0.2) is 36.7 Å². The van der Waals surface area contributed by atoms with Gasteiger partial charge in [-0.25, -0.2) is 0 Å². The number of benzene rings is 1. The van der Waals surface area contributed by atoms with Gasteiger partial charge in [0, 0.05) is 55.1 Å². The molecule has 0 N–H and O–H groups in total. The van der Waals surface area contributed by atoms with E-state index in [0.29, 0.717) is 32.2 Å². The van der Waals surface area contributed by atoms with Crippen LogP contribution in [0, 0.1) is 0 Å². The molecule has 0 aliphatic carbocycles. The Balaban J connectivity index is 1.41. The zero-order valence-corrected chi connectivity index (χ0v) is 18.2. The molecule has 158 valence electrons. The highest BCUT2D eigenvalue weighted by Gasteiger charge is 2.32. The Morgan fingerprint density at radius 2 is 2.07 bits per heavy atom. The molecule has 0 radical (unpaired) electrons. The number of ether oxygens (including phenoxy) is 1. The fraction of sp³-hybridized carbons (Fsp3) is 0.478. The van der Waals surface area contributed by atoms with Crippen molar-refractivity contribution in [3.8, 4) is 0 Å². The summed E-state index contributed by atoms with van der Waals surface area (Å²) in [6.07, 6.45) is 5.21. The molecule has 1 amide bonds. The highest BCUT2D eigenvalue weighted by atomic mass is 32.1. The summed E-state index contributed by atoms with van der Waals surface area (Å²) in [7, 11) is 0. The Bertz CT molecular complexity index is 1040. The lowest BCUT2D eigenvalue weighted by Gasteiger charge is -2.27. The Kier molecular flexibility index (Phi) is 5.58. The van der Waals surface area contributed by atoms with E-state index < -0.39 is 0 Å². The van der Waals surface area contributed by atoms with Crippen molar-refractivity contribution in [3.63, 3.8) is 0 Å². The van der Waals surface area contributed by atoms with E-state index in [1.807, 2.05) is 15.8 Å². The normalized spacial score (nSPS) is 20.3.